The van der Waals surface area contributed by atoms with Gasteiger partial charge in [0.25, 0.3) is 5.91 Å². The Balaban J connectivity index is 1.21. The van der Waals surface area contributed by atoms with Gasteiger partial charge in [0.1, 0.15) is 11.3 Å². The van der Waals surface area contributed by atoms with Gasteiger partial charge in [-0.2, -0.15) is 10.2 Å². The van der Waals surface area contributed by atoms with Crippen molar-refractivity contribution in [2.45, 2.75) is 12.8 Å². The lowest BCUT2D eigenvalue weighted by molar-refractivity contribution is -0.126. The average molecular weight is 554 g/mol. The largest absolute Gasteiger partial charge is 0.452 e. The third kappa shape index (κ3) is 5.00. The van der Waals surface area contributed by atoms with Crippen LogP contribution in [0, 0.1) is 11.6 Å². The van der Waals surface area contributed by atoms with Crippen LogP contribution in [0.25, 0.3) is 16.6 Å². The summed E-state index contributed by atoms with van der Waals surface area (Å²) in [6, 6.07) is 12.4. The molecule has 2 amide bonds. The fraction of sp³-hybridized carbons (Fsp3) is 0.100. The number of pyridine rings is 1. The molecule has 5 aromatic rings. The first-order chi connectivity index (χ1) is 19.8. The van der Waals surface area contributed by atoms with E-state index in [0.29, 0.717) is 16.8 Å². The highest BCUT2D eigenvalue weighted by atomic mass is 19.1. The monoisotopic (exact) mass is 553 g/mol. The van der Waals surface area contributed by atoms with Crippen LogP contribution >= 0.6 is 0 Å². The van der Waals surface area contributed by atoms with Crippen LogP contribution in [-0.2, 0) is 27.9 Å². The van der Waals surface area contributed by atoms with Crippen LogP contribution in [0.5, 0.6) is 11.5 Å². The van der Waals surface area contributed by atoms with E-state index in [1.54, 1.807) is 40.8 Å². The van der Waals surface area contributed by atoms with Crippen molar-refractivity contribution in [3.05, 3.63) is 108 Å². The first-order valence-electron chi connectivity index (χ1n) is 12.6. The van der Waals surface area contributed by atoms with Crippen molar-refractivity contribution in [3.63, 3.8) is 0 Å². The number of ether oxygens (including phenoxy) is 1. The number of carbonyl (C=O) groups is 3. The number of amides is 2. The molecule has 3 aromatic heterocycles. The molecule has 0 spiro atoms. The minimum Gasteiger partial charge on any atom is -0.452 e. The smallest absolute Gasteiger partial charge is 0.268 e. The summed E-state index contributed by atoms with van der Waals surface area (Å²) in [4.78, 5) is 39.3. The molecule has 4 heterocycles. The maximum absolute atomic E-state index is 15.2. The summed E-state index contributed by atoms with van der Waals surface area (Å²) in [5, 5.41) is 8.46. The van der Waals surface area contributed by atoms with Gasteiger partial charge < -0.3 is 4.74 Å². The van der Waals surface area contributed by atoms with Gasteiger partial charge in [0.05, 0.1) is 23.7 Å². The van der Waals surface area contributed by atoms with Crippen molar-refractivity contribution in [1.82, 2.24) is 19.4 Å². The number of fused-ring (bicyclic) bond motifs is 1. The summed E-state index contributed by atoms with van der Waals surface area (Å²) in [7, 11) is 1.80. The zero-order chi connectivity index (χ0) is 28.7. The molecule has 11 heteroatoms. The second kappa shape index (κ2) is 10.3. The fourth-order valence-corrected chi connectivity index (χ4v) is 4.63. The number of rotatable bonds is 7. The molecule has 204 valence electrons. The number of halogens is 2. The van der Waals surface area contributed by atoms with E-state index in [4.69, 9.17) is 4.74 Å². The number of ketones is 1. The first kappa shape index (κ1) is 25.8. The van der Waals surface area contributed by atoms with Crippen molar-refractivity contribution >= 4 is 28.8 Å². The molecule has 6 rings (SSSR count). The van der Waals surface area contributed by atoms with E-state index in [-0.39, 0.29) is 29.9 Å². The third-order valence-electron chi connectivity index (χ3n) is 6.64. The molecule has 9 nitrogen and oxygen atoms in total. The highest BCUT2D eigenvalue weighted by molar-refractivity contribution is 6.33. The maximum Gasteiger partial charge on any atom is 0.268 e. The second-order valence-corrected chi connectivity index (χ2v) is 9.46. The molecule has 1 aliphatic rings. The number of Topliss-reactive ketones (excluding diaryl/α,β-unsaturated/α-hetero) is 1. The van der Waals surface area contributed by atoms with Crippen LogP contribution in [-0.4, -0.2) is 37.0 Å². The van der Waals surface area contributed by atoms with Crippen molar-refractivity contribution in [1.29, 1.82) is 0 Å². The molecule has 0 N–H and O–H groups in total. The lowest BCUT2D eigenvalue weighted by Crippen LogP contribution is -2.42. The SMILES string of the molecule is Cn1cc(-c2cc(Oc3ccc(CC(=O)C4=CCC(=O)N(c5ccc(F)cc5)C4=O)cc3F)c3ccnn3c2)cn1. The standard InChI is InChI=1S/C30H21F2N5O4/c1-35-16-20(15-34-35)19-14-28(25-10-11-33-36(25)17-19)41-27-8-2-18(12-24(27)32)13-26(38)23-7-9-29(39)37(30(23)40)22-5-3-21(31)4-6-22/h2-8,10-12,14-17H,9,13H2,1H3. The maximum atomic E-state index is 15.2. The summed E-state index contributed by atoms with van der Waals surface area (Å²) < 4.78 is 37.7. The summed E-state index contributed by atoms with van der Waals surface area (Å²) >= 11 is 0. The molecule has 0 fully saturated rings. The van der Waals surface area contributed by atoms with Gasteiger partial charge in [0.15, 0.2) is 23.1 Å². The van der Waals surface area contributed by atoms with E-state index in [2.05, 4.69) is 10.2 Å². The van der Waals surface area contributed by atoms with Crippen LogP contribution in [0.3, 0.4) is 0 Å². The van der Waals surface area contributed by atoms with E-state index >= 15 is 4.39 Å². The summed E-state index contributed by atoms with van der Waals surface area (Å²) in [6.07, 6.45) is 7.77. The predicted octanol–water partition coefficient (Wildman–Crippen LogP) is 4.81. The zero-order valence-electron chi connectivity index (χ0n) is 21.6. The molecule has 0 aliphatic carbocycles. The number of carbonyl (C=O) groups excluding carboxylic acids is 3. The summed E-state index contributed by atoms with van der Waals surface area (Å²) in [5.41, 5.74) is 2.51. The van der Waals surface area contributed by atoms with E-state index in [0.717, 1.165) is 28.2 Å². The van der Waals surface area contributed by atoms with Gasteiger partial charge in [0, 0.05) is 43.4 Å². The molecular formula is C30H21F2N5O4. The lowest BCUT2D eigenvalue weighted by Gasteiger charge is -2.25. The van der Waals surface area contributed by atoms with E-state index < -0.39 is 29.2 Å². The fourth-order valence-electron chi connectivity index (χ4n) is 4.63. The number of hydrogen-bond donors (Lipinski definition) is 0. The zero-order valence-corrected chi connectivity index (χ0v) is 21.6. The Morgan fingerprint density at radius 3 is 2.49 bits per heavy atom. The third-order valence-corrected chi connectivity index (χ3v) is 6.64. The molecule has 41 heavy (non-hydrogen) atoms. The van der Waals surface area contributed by atoms with Gasteiger partial charge >= 0.3 is 0 Å². The molecule has 0 radical (unpaired) electrons. The van der Waals surface area contributed by atoms with Gasteiger partial charge in [-0.3, -0.25) is 19.1 Å². The molecule has 0 unspecified atom stereocenters. The number of nitrogens with zero attached hydrogens (tertiary/aromatic N) is 5. The molecular weight excluding hydrogens is 532 g/mol. The van der Waals surface area contributed by atoms with Crippen molar-refractivity contribution in [3.8, 4) is 22.6 Å². The van der Waals surface area contributed by atoms with Gasteiger partial charge in [-0.1, -0.05) is 12.1 Å². The van der Waals surface area contributed by atoms with Crippen LogP contribution in [0.2, 0.25) is 0 Å². The molecule has 0 saturated heterocycles. The highest BCUT2D eigenvalue weighted by Crippen LogP contribution is 2.33. The number of anilines is 1. The Bertz CT molecular complexity index is 1870. The number of aryl methyl sites for hydroxylation is 1. The van der Waals surface area contributed by atoms with E-state index in [1.807, 2.05) is 12.4 Å². The van der Waals surface area contributed by atoms with E-state index in [9.17, 15) is 18.8 Å². The number of imide groups is 1. The normalized spacial score (nSPS) is 13.5. The van der Waals surface area contributed by atoms with Crippen molar-refractivity contribution in [2.24, 2.45) is 7.05 Å². The molecule has 0 saturated carbocycles. The van der Waals surface area contributed by atoms with Gasteiger partial charge in [-0.25, -0.2) is 18.2 Å². The number of hydrogen-bond acceptors (Lipinski definition) is 6. The van der Waals surface area contributed by atoms with Gasteiger partial charge in [-0.15, -0.1) is 0 Å². The minimum absolute atomic E-state index is 0.0614. The predicted molar refractivity (Wildman–Crippen MR) is 144 cm³/mol. The highest BCUT2D eigenvalue weighted by Gasteiger charge is 2.33. The summed E-state index contributed by atoms with van der Waals surface area (Å²) in [5.74, 6) is -2.84. The Kier molecular flexibility index (Phi) is 6.46. The van der Waals surface area contributed by atoms with Crippen LogP contribution in [0.4, 0.5) is 14.5 Å². The number of aromatic nitrogens is 4. The number of benzene rings is 2. The average Bonchev–Trinajstić information content (AvgIpc) is 3.60. The Morgan fingerprint density at radius 2 is 1.76 bits per heavy atom. The van der Waals surface area contributed by atoms with Crippen molar-refractivity contribution < 1.29 is 27.9 Å². The molecule has 0 bridgehead atoms. The first-order valence-corrected chi connectivity index (χ1v) is 12.6. The Hall–Kier alpha value is -5.45. The van der Waals surface area contributed by atoms with Crippen LogP contribution in [0.1, 0.15) is 12.0 Å². The second-order valence-electron chi connectivity index (χ2n) is 9.46. The quantitative estimate of drug-likeness (QED) is 0.212. The molecule has 2 aromatic carbocycles. The Labute approximate surface area is 231 Å². The molecule has 0 atom stereocenters. The van der Waals surface area contributed by atoms with Crippen molar-refractivity contribution in [2.75, 3.05) is 4.90 Å². The van der Waals surface area contributed by atoms with Crippen LogP contribution < -0.4 is 9.64 Å². The van der Waals surface area contributed by atoms with Gasteiger partial charge in [0.2, 0.25) is 5.91 Å². The molecule has 1 aliphatic heterocycles. The Morgan fingerprint density at radius 1 is 0.951 bits per heavy atom. The minimum atomic E-state index is -0.809. The topological polar surface area (TPSA) is 98.8 Å². The van der Waals surface area contributed by atoms with Crippen LogP contribution in [0.15, 0.2) is 91.0 Å². The lowest BCUT2D eigenvalue weighted by atomic mass is 9.98. The van der Waals surface area contributed by atoms with Gasteiger partial charge in [-0.05, 0) is 54.1 Å². The summed E-state index contributed by atoms with van der Waals surface area (Å²) in [6.45, 7) is 0. The van der Waals surface area contributed by atoms with E-state index in [1.165, 1.54) is 36.4 Å².